The number of halogens is 3. The highest BCUT2D eigenvalue weighted by molar-refractivity contribution is 6.45. The molecule has 9 heteroatoms. The van der Waals surface area contributed by atoms with Crippen LogP contribution in [0.3, 0.4) is 0 Å². The lowest BCUT2D eigenvalue weighted by Gasteiger charge is -2.36. The minimum absolute atomic E-state index is 0.0125. The number of hydrogen-bond acceptors (Lipinski definition) is 5. The molecule has 1 N–H and O–H groups in total. The van der Waals surface area contributed by atoms with Gasteiger partial charge in [0.2, 0.25) is 0 Å². The highest BCUT2D eigenvalue weighted by atomic mass is 19.1. The molecule has 0 spiro atoms. The van der Waals surface area contributed by atoms with Gasteiger partial charge in [-0.1, -0.05) is 12.1 Å². The highest BCUT2D eigenvalue weighted by Gasteiger charge is 2.44. The van der Waals surface area contributed by atoms with Crippen LogP contribution in [-0.4, -0.2) is 66.1 Å². The maximum Gasteiger partial charge on any atom is 0.282 e. The minimum atomic E-state index is -1.03. The number of anilines is 1. The van der Waals surface area contributed by atoms with Gasteiger partial charge in [-0.2, -0.15) is 0 Å². The predicted octanol–water partition coefficient (Wildman–Crippen LogP) is 2.00. The van der Waals surface area contributed by atoms with E-state index in [1.807, 2.05) is 4.90 Å². The van der Waals surface area contributed by atoms with Crippen molar-refractivity contribution in [3.63, 3.8) is 0 Å². The first-order valence-corrected chi connectivity index (χ1v) is 9.83. The second-order valence-electron chi connectivity index (χ2n) is 7.32. The summed E-state index contributed by atoms with van der Waals surface area (Å²) in [4.78, 5) is 31.1. The molecule has 6 nitrogen and oxygen atoms in total. The van der Waals surface area contributed by atoms with Crippen LogP contribution in [0, 0.1) is 17.5 Å². The Balaban J connectivity index is 1.75. The van der Waals surface area contributed by atoms with Crippen molar-refractivity contribution in [2.75, 3.05) is 44.2 Å². The summed E-state index contributed by atoms with van der Waals surface area (Å²) in [6.07, 6.45) is 0. The Bertz CT molecular complexity index is 1050. The van der Waals surface area contributed by atoms with E-state index in [0.717, 1.165) is 12.1 Å². The number of piperazine rings is 1. The molecule has 4 rings (SSSR count). The quantitative estimate of drug-likeness (QED) is 0.734. The van der Waals surface area contributed by atoms with Crippen molar-refractivity contribution < 1.29 is 27.9 Å². The van der Waals surface area contributed by atoms with Gasteiger partial charge in [-0.15, -0.1) is 0 Å². The molecule has 2 amide bonds. The largest absolute Gasteiger partial charge is 0.395 e. The third-order valence-electron chi connectivity index (χ3n) is 5.45. The number of aliphatic hydroxyl groups excluding tert-OH is 1. The van der Waals surface area contributed by atoms with Crippen LogP contribution in [0.15, 0.2) is 48.2 Å². The number of aliphatic hydroxyl groups is 1. The molecule has 162 valence electrons. The molecule has 0 bridgehead atoms. The summed E-state index contributed by atoms with van der Waals surface area (Å²) >= 11 is 0. The molecule has 2 aromatic rings. The Morgan fingerprint density at radius 2 is 1.48 bits per heavy atom. The summed E-state index contributed by atoms with van der Waals surface area (Å²) in [5, 5.41) is 9.13. The van der Waals surface area contributed by atoms with Gasteiger partial charge in [0.25, 0.3) is 11.8 Å². The van der Waals surface area contributed by atoms with E-state index in [4.69, 9.17) is 5.11 Å². The fourth-order valence-corrected chi connectivity index (χ4v) is 3.91. The number of hydrogen-bond donors (Lipinski definition) is 1. The first kappa shape index (κ1) is 21.1. The summed E-state index contributed by atoms with van der Waals surface area (Å²) < 4.78 is 41.3. The van der Waals surface area contributed by atoms with Crippen LogP contribution in [-0.2, 0) is 9.59 Å². The van der Waals surface area contributed by atoms with Gasteiger partial charge in [0.1, 0.15) is 23.1 Å². The molecule has 0 unspecified atom stereocenters. The van der Waals surface area contributed by atoms with Crippen molar-refractivity contribution in [3.05, 3.63) is 71.2 Å². The minimum Gasteiger partial charge on any atom is -0.395 e. The van der Waals surface area contributed by atoms with Gasteiger partial charge in [0.05, 0.1) is 17.9 Å². The molecule has 0 aliphatic carbocycles. The van der Waals surface area contributed by atoms with Crippen molar-refractivity contribution in [1.29, 1.82) is 0 Å². The summed E-state index contributed by atoms with van der Waals surface area (Å²) in [5.41, 5.74) is 0.135. The molecule has 0 radical (unpaired) electrons. The van der Waals surface area contributed by atoms with Crippen molar-refractivity contribution in [2.45, 2.75) is 0 Å². The van der Waals surface area contributed by atoms with Crippen LogP contribution < -0.4 is 4.90 Å². The number of nitrogens with zero attached hydrogens (tertiary/aromatic N) is 3. The van der Waals surface area contributed by atoms with Crippen LogP contribution in [0.1, 0.15) is 5.56 Å². The van der Waals surface area contributed by atoms with E-state index >= 15 is 0 Å². The lowest BCUT2D eigenvalue weighted by Crippen LogP contribution is -2.48. The first-order valence-electron chi connectivity index (χ1n) is 9.83. The topological polar surface area (TPSA) is 64.1 Å². The average Bonchev–Trinajstić information content (AvgIpc) is 3.00. The Labute approximate surface area is 176 Å². The molecule has 2 aromatic carbocycles. The van der Waals surface area contributed by atoms with Gasteiger partial charge in [-0.05, 0) is 29.8 Å². The lowest BCUT2D eigenvalue weighted by molar-refractivity contribution is -0.120. The number of benzene rings is 2. The van der Waals surface area contributed by atoms with E-state index in [1.165, 1.54) is 24.3 Å². The van der Waals surface area contributed by atoms with Crippen LogP contribution in [0.4, 0.5) is 18.9 Å². The Kier molecular flexibility index (Phi) is 5.79. The Morgan fingerprint density at radius 3 is 2.10 bits per heavy atom. The standard InChI is InChI=1S/C22H20F3N3O3/c23-15-3-1-14(2-4-15)19-20(27-9-7-26(8-10-27)11-12-29)22(31)28(21(19)30)18-6-5-16(24)13-17(18)25/h1-6,13,29H,7-12H2. The summed E-state index contributed by atoms with van der Waals surface area (Å²) in [7, 11) is 0. The number of imide groups is 1. The van der Waals surface area contributed by atoms with Crippen LogP contribution in [0.5, 0.6) is 0 Å². The van der Waals surface area contributed by atoms with E-state index in [2.05, 4.69) is 0 Å². The van der Waals surface area contributed by atoms with Crippen LogP contribution in [0.2, 0.25) is 0 Å². The summed E-state index contributed by atoms with van der Waals surface area (Å²) in [5.74, 6) is -3.83. The van der Waals surface area contributed by atoms with Crippen molar-refractivity contribution in [2.24, 2.45) is 0 Å². The Morgan fingerprint density at radius 1 is 0.839 bits per heavy atom. The molecular formula is C22H20F3N3O3. The van der Waals surface area contributed by atoms with Crippen molar-refractivity contribution >= 4 is 23.1 Å². The molecule has 31 heavy (non-hydrogen) atoms. The fourth-order valence-electron chi connectivity index (χ4n) is 3.91. The van der Waals surface area contributed by atoms with E-state index < -0.39 is 29.3 Å². The Hall–Kier alpha value is -3.17. The molecule has 2 aliphatic heterocycles. The van der Waals surface area contributed by atoms with Crippen molar-refractivity contribution in [3.8, 4) is 0 Å². The van der Waals surface area contributed by atoms with Crippen molar-refractivity contribution in [1.82, 2.24) is 9.80 Å². The number of rotatable bonds is 5. The van der Waals surface area contributed by atoms with Crippen LogP contribution in [0.25, 0.3) is 5.57 Å². The van der Waals surface area contributed by atoms with Gasteiger partial charge in [0.15, 0.2) is 0 Å². The van der Waals surface area contributed by atoms with Gasteiger partial charge < -0.3 is 10.0 Å². The van der Waals surface area contributed by atoms with Gasteiger partial charge in [0, 0.05) is 38.8 Å². The number of carbonyl (C=O) groups is 2. The molecule has 0 atom stereocenters. The number of β-amino-alcohol motifs (C(OH)–C–C–N with tert-alkyl or cyclic N) is 1. The molecule has 2 aliphatic rings. The SMILES string of the molecule is O=C1C(c2ccc(F)cc2)=C(N2CCN(CCO)CC2)C(=O)N1c1ccc(F)cc1F. The monoisotopic (exact) mass is 431 g/mol. The molecule has 0 saturated carbocycles. The molecular weight excluding hydrogens is 411 g/mol. The summed E-state index contributed by atoms with van der Waals surface area (Å²) in [6.45, 7) is 2.47. The average molecular weight is 431 g/mol. The lowest BCUT2D eigenvalue weighted by atomic mass is 10.0. The smallest absolute Gasteiger partial charge is 0.282 e. The van der Waals surface area contributed by atoms with Gasteiger partial charge in [-0.25, -0.2) is 18.1 Å². The number of carbonyl (C=O) groups excluding carboxylic acids is 2. The second kappa shape index (κ2) is 8.52. The number of amides is 2. The third-order valence-corrected chi connectivity index (χ3v) is 5.45. The maximum atomic E-state index is 14.4. The molecule has 2 heterocycles. The highest BCUT2D eigenvalue weighted by Crippen LogP contribution is 2.36. The van der Waals surface area contributed by atoms with E-state index in [0.29, 0.717) is 49.3 Å². The van der Waals surface area contributed by atoms with E-state index in [9.17, 15) is 22.8 Å². The maximum absolute atomic E-state index is 14.4. The van der Waals surface area contributed by atoms with Gasteiger partial charge in [-0.3, -0.25) is 14.5 Å². The van der Waals surface area contributed by atoms with Crippen LogP contribution >= 0.6 is 0 Å². The predicted molar refractivity (Wildman–Crippen MR) is 107 cm³/mol. The summed E-state index contributed by atoms with van der Waals surface area (Å²) in [6, 6.07) is 7.77. The second-order valence-corrected chi connectivity index (χ2v) is 7.32. The normalized spacial score (nSPS) is 17.8. The van der Waals surface area contributed by atoms with E-state index in [-0.39, 0.29) is 23.6 Å². The zero-order valence-electron chi connectivity index (χ0n) is 16.5. The fraction of sp³-hybridized carbons (Fsp3) is 0.273. The first-order chi connectivity index (χ1) is 14.9. The molecule has 0 aromatic heterocycles. The molecule has 1 fully saturated rings. The molecule has 1 saturated heterocycles. The zero-order valence-corrected chi connectivity index (χ0v) is 16.5. The van der Waals surface area contributed by atoms with Gasteiger partial charge >= 0.3 is 0 Å². The van der Waals surface area contributed by atoms with E-state index in [1.54, 1.807) is 4.90 Å². The third kappa shape index (κ3) is 3.94. The zero-order chi connectivity index (χ0) is 22.1.